The number of nitrogens with zero attached hydrogens (tertiary/aromatic N) is 1. The van der Waals surface area contributed by atoms with Crippen molar-refractivity contribution in [1.82, 2.24) is 9.62 Å². The number of rotatable bonds is 5. The highest BCUT2D eigenvalue weighted by atomic mass is 32.2. The molecule has 0 aromatic rings. The van der Waals surface area contributed by atoms with Crippen LogP contribution in [-0.4, -0.2) is 50.1 Å². The van der Waals surface area contributed by atoms with Crippen LogP contribution in [0.5, 0.6) is 0 Å². The van der Waals surface area contributed by atoms with Crippen LogP contribution in [0.1, 0.15) is 12.8 Å². The summed E-state index contributed by atoms with van der Waals surface area (Å²) in [6, 6.07) is 0.167. The second kappa shape index (κ2) is 5.04. The van der Waals surface area contributed by atoms with Crippen molar-refractivity contribution in [3.05, 3.63) is 0 Å². The minimum Gasteiger partial charge on any atom is -0.395 e. The molecule has 0 aromatic carbocycles. The molecule has 14 heavy (non-hydrogen) atoms. The summed E-state index contributed by atoms with van der Waals surface area (Å²) in [5.41, 5.74) is 0. The quantitative estimate of drug-likeness (QED) is 0.514. The molecule has 0 radical (unpaired) electrons. The highest BCUT2D eigenvalue weighted by Crippen LogP contribution is 2.07. The Balaban J connectivity index is 2.50. The Bertz CT molecular complexity index is 261. The van der Waals surface area contributed by atoms with Crippen molar-refractivity contribution >= 4 is 10.2 Å². The van der Waals surface area contributed by atoms with Crippen LogP contribution in [0.4, 0.5) is 0 Å². The molecule has 1 heterocycles. The summed E-state index contributed by atoms with van der Waals surface area (Å²) in [7, 11) is -3.68. The molecule has 0 aliphatic carbocycles. The van der Waals surface area contributed by atoms with Gasteiger partial charge >= 0.3 is 0 Å². The van der Waals surface area contributed by atoms with Gasteiger partial charge in [-0.1, -0.05) is 0 Å². The van der Waals surface area contributed by atoms with Crippen molar-refractivity contribution < 1.29 is 13.5 Å². The Kier molecular flexibility index (Phi) is 4.27. The topological polar surface area (TPSA) is 95.7 Å². The van der Waals surface area contributed by atoms with E-state index >= 15 is 0 Å². The first kappa shape index (κ1) is 11.9. The molecule has 1 rings (SSSR count). The lowest BCUT2D eigenvalue weighted by atomic mass is 10.2. The van der Waals surface area contributed by atoms with Crippen LogP contribution in [0.25, 0.3) is 0 Å². The van der Waals surface area contributed by atoms with Gasteiger partial charge in [0, 0.05) is 19.1 Å². The summed E-state index contributed by atoms with van der Waals surface area (Å²) in [4.78, 5) is 0. The van der Waals surface area contributed by atoms with Crippen molar-refractivity contribution in [2.24, 2.45) is 5.14 Å². The Morgan fingerprint density at radius 3 is 2.71 bits per heavy atom. The maximum absolute atomic E-state index is 11.1. The molecule has 0 amide bonds. The smallest absolute Gasteiger partial charge is 0.277 e. The summed E-state index contributed by atoms with van der Waals surface area (Å²) >= 11 is 0. The van der Waals surface area contributed by atoms with Crippen LogP contribution in [-0.2, 0) is 10.2 Å². The minimum absolute atomic E-state index is 0.0665. The first-order valence-electron chi connectivity index (χ1n) is 4.66. The van der Waals surface area contributed by atoms with Gasteiger partial charge in [-0.3, -0.25) is 0 Å². The molecule has 6 nitrogen and oxygen atoms in total. The van der Waals surface area contributed by atoms with Crippen LogP contribution < -0.4 is 10.5 Å². The van der Waals surface area contributed by atoms with Crippen molar-refractivity contribution in [2.45, 2.75) is 18.9 Å². The van der Waals surface area contributed by atoms with Crippen molar-refractivity contribution in [3.63, 3.8) is 0 Å². The van der Waals surface area contributed by atoms with Gasteiger partial charge in [0.25, 0.3) is 10.2 Å². The summed E-state index contributed by atoms with van der Waals surface area (Å²) in [5.74, 6) is 0. The molecule has 1 saturated heterocycles. The van der Waals surface area contributed by atoms with E-state index in [1.165, 1.54) is 0 Å². The van der Waals surface area contributed by atoms with E-state index in [4.69, 9.17) is 10.2 Å². The molecule has 4 N–H and O–H groups in total. The predicted molar refractivity (Wildman–Crippen MR) is 52.8 cm³/mol. The number of aliphatic hydroxyl groups is 1. The molecule has 0 saturated carbocycles. The van der Waals surface area contributed by atoms with Gasteiger partial charge in [0.2, 0.25) is 0 Å². The van der Waals surface area contributed by atoms with Crippen LogP contribution in [0, 0.1) is 0 Å². The Labute approximate surface area is 84.3 Å². The lowest BCUT2D eigenvalue weighted by Crippen LogP contribution is -2.45. The van der Waals surface area contributed by atoms with Gasteiger partial charge in [-0.05, 0) is 19.4 Å². The van der Waals surface area contributed by atoms with E-state index in [1.807, 2.05) is 0 Å². The standard InChI is InChI=1S/C7H17N3O3S/c8-14(12,13)10(4-5-11)6-7-2-1-3-9-7/h7,9,11H,1-6H2,(H2,8,12,13). The van der Waals surface area contributed by atoms with Crippen LogP contribution >= 0.6 is 0 Å². The third-order valence-corrected chi connectivity index (χ3v) is 3.35. The zero-order chi connectivity index (χ0) is 10.6. The normalized spacial score (nSPS) is 23.2. The molecule has 0 spiro atoms. The van der Waals surface area contributed by atoms with Crippen LogP contribution in [0.2, 0.25) is 0 Å². The van der Waals surface area contributed by atoms with E-state index in [9.17, 15) is 8.42 Å². The number of hydrogen-bond donors (Lipinski definition) is 3. The van der Waals surface area contributed by atoms with Gasteiger partial charge in [-0.25, -0.2) is 5.14 Å². The predicted octanol–water partition coefficient (Wildman–Crippen LogP) is -1.76. The summed E-state index contributed by atoms with van der Waals surface area (Å²) < 4.78 is 23.3. The maximum Gasteiger partial charge on any atom is 0.277 e. The lowest BCUT2D eigenvalue weighted by molar-refractivity contribution is 0.246. The van der Waals surface area contributed by atoms with Gasteiger partial charge in [0.05, 0.1) is 6.61 Å². The highest BCUT2D eigenvalue weighted by Gasteiger charge is 2.23. The van der Waals surface area contributed by atoms with E-state index in [0.29, 0.717) is 6.54 Å². The van der Waals surface area contributed by atoms with E-state index in [1.54, 1.807) is 0 Å². The van der Waals surface area contributed by atoms with Crippen molar-refractivity contribution in [2.75, 3.05) is 26.2 Å². The zero-order valence-electron chi connectivity index (χ0n) is 8.02. The second-order valence-electron chi connectivity index (χ2n) is 3.42. The highest BCUT2D eigenvalue weighted by molar-refractivity contribution is 7.86. The third-order valence-electron chi connectivity index (χ3n) is 2.30. The summed E-state index contributed by atoms with van der Waals surface area (Å²) in [6.45, 7) is 1.13. The van der Waals surface area contributed by atoms with E-state index in [0.717, 1.165) is 23.7 Å². The summed E-state index contributed by atoms with van der Waals surface area (Å²) in [6.07, 6.45) is 2.01. The Hall–Kier alpha value is -0.210. The fourth-order valence-corrected chi connectivity index (χ4v) is 2.32. The van der Waals surface area contributed by atoms with Crippen molar-refractivity contribution in [1.29, 1.82) is 0 Å². The first-order valence-corrected chi connectivity index (χ1v) is 6.16. The van der Waals surface area contributed by atoms with E-state index < -0.39 is 10.2 Å². The monoisotopic (exact) mass is 223 g/mol. The van der Waals surface area contributed by atoms with Gasteiger partial charge in [0.1, 0.15) is 0 Å². The number of hydrogen-bond acceptors (Lipinski definition) is 4. The third kappa shape index (κ3) is 3.50. The Morgan fingerprint density at radius 1 is 1.57 bits per heavy atom. The fourth-order valence-electron chi connectivity index (χ4n) is 1.59. The maximum atomic E-state index is 11.1. The molecular weight excluding hydrogens is 206 g/mol. The molecule has 84 valence electrons. The molecule has 1 unspecified atom stereocenters. The largest absolute Gasteiger partial charge is 0.395 e. The van der Waals surface area contributed by atoms with Gasteiger partial charge in [-0.2, -0.15) is 12.7 Å². The van der Waals surface area contributed by atoms with Gasteiger partial charge in [0.15, 0.2) is 0 Å². The van der Waals surface area contributed by atoms with Gasteiger partial charge in [-0.15, -0.1) is 0 Å². The number of nitrogens with two attached hydrogens (primary N) is 1. The average Bonchev–Trinajstić information content (AvgIpc) is 2.54. The van der Waals surface area contributed by atoms with Crippen LogP contribution in [0.3, 0.4) is 0 Å². The zero-order valence-corrected chi connectivity index (χ0v) is 8.83. The minimum atomic E-state index is -3.68. The Morgan fingerprint density at radius 2 is 2.29 bits per heavy atom. The van der Waals surface area contributed by atoms with E-state index in [-0.39, 0.29) is 19.2 Å². The molecule has 0 aromatic heterocycles. The molecule has 7 heteroatoms. The first-order chi connectivity index (χ1) is 6.54. The molecule has 1 aliphatic heterocycles. The second-order valence-corrected chi connectivity index (χ2v) is 4.97. The molecule has 0 bridgehead atoms. The molecule has 1 atom stereocenters. The van der Waals surface area contributed by atoms with Crippen molar-refractivity contribution in [3.8, 4) is 0 Å². The number of aliphatic hydroxyl groups excluding tert-OH is 1. The fraction of sp³-hybridized carbons (Fsp3) is 1.00. The SMILES string of the molecule is NS(=O)(=O)N(CCO)CC1CCCN1. The lowest BCUT2D eigenvalue weighted by Gasteiger charge is -2.21. The van der Waals surface area contributed by atoms with Gasteiger partial charge < -0.3 is 10.4 Å². The van der Waals surface area contributed by atoms with Crippen LogP contribution in [0.15, 0.2) is 0 Å². The number of nitrogens with one attached hydrogen (secondary N) is 1. The molecule has 1 fully saturated rings. The summed E-state index contributed by atoms with van der Waals surface area (Å²) in [5, 5.41) is 16.9. The van der Waals surface area contributed by atoms with E-state index in [2.05, 4.69) is 5.32 Å². The molecule has 1 aliphatic rings. The molecular formula is C7H17N3O3S. The average molecular weight is 223 g/mol.